The molecule has 0 aromatic carbocycles. The molecule has 0 unspecified atom stereocenters. The molecule has 74 valence electrons. The van der Waals surface area contributed by atoms with Gasteiger partial charge in [-0.25, -0.2) is 9.78 Å². The van der Waals surface area contributed by atoms with E-state index in [4.69, 9.17) is 16.7 Å². The largest absolute Gasteiger partial charge is 0.478 e. The van der Waals surface area contributed by atoms with Crippen molar-refractivity contribution in [1.29, 1.82) is 0 Å². The highest BCUT2D eigenvalue weighted by Gasteiger charge is 2.24. The number of anilines is 1. The van der Waals surface area contributed by atoms with E-state index in [-0.39, 0.29) is 10.6 Å². The second-order valence-corrected chi connectivity index (χ2v) is 3.65. The Balaban J connectivity index is 2.35. The molecule has 1 saturated carbocycles. The minimum Gasteiger partial charge on any atom is -0.478 e. The zero-order valence-corrected chi connectivity index (χ0v) is 8.08. The summed E-state index contributed by atoms with van der Waals surface area (Å²) in [6.07, 6.45) is 3.62. The van der Waals surface area contributed by atoms with Crippen molar-refractivity contribution in [1.82, 2.24) is 4.98 Å². The van der Waals surface area contributed by atoms with E-state index in [0.717, 1.165) is 12.8 Å². The van der Waals surface area contributed by atoms with E-state index >= 15 is 0 Å². The van der Waals surface area contributed by atoms with Crippen LogP contribution in [0.3, 0.4) is 0 Å². The van der Waals surface area contributed by atoms with Gasteiger partial charge in [-0.3, -0.25) is 0 Å². The lowest BCUT2D eigenvalue weighted by Crippen LogP contribution is -2.10. The number of nitrogens with zero attached hydrogens (tertiary/aromatic N) is 1. The maximum Gasteiger partial charge on any atom is 0.341 e. The first kappa shape index (κ1) is 9.27. The SMILES string of the molecule is O=C(O)c1c(Cl)ccnc1NC1CC1. The Morgan fingerprint density at radius 2 is 2.36 bits per heavy atom. The number of carboxylic acids is 1. The third-order valence-corrected chi connectivity index (χ3v) is 2.35. The molecular weight excluding hydrogens is 204 g/mol. The number of carboxylic acid groups (broad SMARTS) is 1. The van der Waals surface area contributed by atoms with Crippen LogP contribution in [0.5, 0.6) is 0 Å². The average molecular weight is 213 g/mol. The van der Waals surface area contributed by atoms with Gasteiger partial charge in [0, 0.05) is 12.2 Å². The molecule has 14 heavy (non-hydrogen) atoms. The Bertz CT molecular complexity index is 377. The van der Waals surface area contributed by atoms with Crippen LogP contribution in [0.4, 0.5) is 5.82 Å². The number of hydrogen-bond donors (Lipinski definition) is 2. The Kier molecular flexibility index (Phi) is 2.29. The van der Waals surface area contributed by atoms with E-state index in [9.17, 15) is 4.79 Å². The molecule has 1 fully saturated rings. The number of aromatic carboxylic acids is 1. The predicted molar refractivity (Wildman–Crippen MR) is 52.9 cm³/mol. The first-order valence-corrected chi connectivity index (χ1v) is 4.70. The van der Waals surface area contributed by atoms with E-state index < -0.39 is 5.97 Å². The standard InChI is InChI=1S/C9H9ClN2O2/c10-6-3-4-11-8(7(6)9(13)14)12-5-1-2-5/h3-5H,1-2H2,(H,11,12)(H,13,14). The van der Waals surface area contributed by atoms with E-state index in [1.807, 2.05) is 0 Å². The number of pyridine rings is 1. The van der Waals surface area contributed by atoms with Crippen LogP contribution in [0, 0.1) is 0 Å². The maximum absolute atomic E-state index is 10.9. The van der Waals surface area contributed by atoms with Crippen LogP contribution in [0.2, 0.25) is 5.02 Å². The van der Waals surface area contributed by atoms with Crippen molar-refractivity contribution < 1.29 is 9.90 Å². The van der Waals surface area contributed by atoms with Crippen LogP contribution in [-0.4, -0.2) is 22.1 Å². The highest BCUT2D eigenvalue weighted by Crippen LogP contribution is 2.28. The molecule has 0 atom stereocenters. The highest BCUT2D eigenvalue weighted by atomic mass is 35.5. The van der Waals surface area contributed by atoms with Crippen molar-refractivity contribution in [3.63, 3.8) is 0 Å². The average Bonchev–Trinajstić information content (AvgIpc) is 2.87. The van der Waals surface area contributed by atoms with Gasteiger partial charge < -0.3 is 10.4 Å². The van der Waals surface area contributed by atoms with Gasteiger partial charge in [-0.05, 0) is 18.9 Å². The van der Waals surface area contributed by atoms with Gasteiger partial charge >= 0.3 is 5.97 Å². The first-order valence-electron chi connectivity index (χ1n) is 4.33. The summed E-state index contributed by atoms with van der Waals surface area (Å²) in [6.45, 7) is 0. The third-order valence-electron chi connectivity index (χ3n) is 2.03. The van der Waals surface area contributed by atoms with Crippen LogP contribution < -0.4 is 5.32 Å². The second kappa shape index (κ2) is 3.46. The summed E-state index contributed by atoms with van der Waals surface area (Å²) in [4.78, 5) is 14.8. The fourth-order valence-electron chi connectivity index (χ4n) is 1.17. The van der Waals surface area contributed by atoms with E-state index in [1.54, 1.807) is 0 Å². The summed E-state index contributed by atoms with van der Waals surface area (Å²) >= 11 is 5.77. The molecule has 0 radical (unpaired) electrons. The molecule has 4 nitrogen and oxygen atoms in total. The summed E-state index contributed by atoms with van der Waals surface area (Å²) in [5.74, 6) is -0.682. The van der Waals surface area contributed by atoms with Crippen LogP contribution in [0.15, 0.2) is 12.3 Å². The number of nitrogens with one attached hydrogen (secondary N) is 1. The first-order chi connectivity index (χ1) is 6.68. The van der Waals surface area contributed by atoms with Gasteiger partial charge in [0.2, 0.25) is 0 Å². The molecule has 1 heterocycles. The fourth-order valence-corrected chi connectivity index (χ4v) is 1.40. The van der Waals surface area contributed by atoms with E-state index in [0.29, 0.717) is 11.9 Å². The van der Waals surface area contributed by atoms with E-state index in [1.165, 1.54) is 12.3 Å². The molecular formula is C9H9ClN2O2. The Morgan fingerprint density at radius 3 is 2.93 bits per heavy atom. The van der Waals surface area contributed by atoms with Gasteiger partial charge in [0.1, 0.15) is 11.4 Å². The summed E-state index contributed by atoms with van der Waals surface area (Å²) < 4.78 is 0. The molecule has 0 saturated heterocycles. The predicted octanol–water partition coefficient (Wildman–Crippen LogP) is 2.01. The number of hydrogen-bond acceptors (Lipinski definition) is 3. The van der Waals surface area contributed by atoms with Crippen molar-refractivity contribution >= 4 is 23.4 Å². The molecule has 0 amide bonds. The van der Waals surface area contributed by atoms with Crippen LogP contribution in [-0.2, 0) is 0 Å². The summed E-state index contributed by atoms with van der Waals surface area (Å²) in [6, 6.07) is 1.84. The monoisotopic (exact) mass is 212 g/mol. The molecule has 0 bridgehead atoms. The zero-order valence-electron chi connectivity index (χ0n) is 7.33. The maximum atomic E-state index is 10.9. The minimum absolute atomic E-state index is 0.0565. The number of carbonyl (C=O) groups is 1. The number of aromatic nitrogens is 1. The third kappa shape index (κ3) is 1.80. The lowest BCUT2D eigenvalue weighted by Gasteiger charge is -2.07. The van der Waals surface area contributed by atoms with Gasteiger partial charge in [0.25, 0.3) is 0 Å². The van der Waals surface area contributed by atoms with Gasteiger partial charge in [-0.2, -0.15) is 0 Å². The summed E-state index contributed by atoms with van der Waals surface area (Å²) in [7, 11) is 0. The lowest BCUT2D eigenvalue weighted by molar-refractivity contribution is 0.0698. The van der Waals surface area contributed by atoms with Crippen molar-refractivity contribution in [3.05, 3.63) is 22.8 Å². The van der Waals surface area contributed by atoms with Crippen LogP contribution in [0.25, 0.3) is 0 Å². The van der Waals surface area contributed by atoms with Gasteiger partial charge in [-0.1, -0.05) is 11.6 Å². The van der Waals surface area contributed by atoms with Crippen LogP contribution >= 0.6 is 11.6 Å². The smallest absolute Gasteiger partial charge is 0.341 e. The van der Waals surface area contributed by atoms with Gasteiger partial charge in [0.15, 0.2) is 0 Å². The molecule has 1 aromatic heterocycles. The summed E-state index contributed by atoms with van der Waals surface area (Å²) in [5.41, 5.74) is 0.0565. The molecule has 1 aliphatic carbocycles. The summed E-state index contributed by atoms with van der Waals surface area (Å²) in [5, 5.41) is 12.2. The molecule has 0 aliphatic heterocycles. The quantitative estimate of drug-likeness (QED) is 0.805. The number of rotatable bonds is 3. The highest BCUT2D eigenvalue weighted by molar-refractivity contribution is 6.34. The molecule has 0 spiro atoms. The molecule has 1 aliphatic rings. The topological polar surface area (TPSA) is 62.2 Å². The molecule has 1 aromatic rings. The van der Waals surface area contributed by atoms with Gasteiger partial charge in [0.05, 0.1) is 5.02 Å². The minimum atomic E-state index is -1.05. The van der Waals surface area contributed by atoms with E-state index in [2.05, 4.69) is 10.3 Å². The number of halogens is 1. The second-order valence-electron chi connectivity index (χ2n) is 3.24. The lowest BCUT2D eigenvalue weighted by atomic mass is 10.2. The van der Waals surface area contributed by atoms with Crippen LogP contribution in [0.1, 0.15) is 23.2 Å². The zero-order chi connectivity index (χ0) is 10.1. The van der Waals surface area contributed by atoms with Gasteiger partial charge in [-0.15, -0.1) is 0 Å². The Morgan fingerprint density at radius 1 is 1.64 bits per heavy atom. The molecule has 5 heteroatoms. The normalized spacial score (nSPS) is 15.2. The Hall–Kier alpha value is -1.29. The van der Waals surface area contributed by atoms with Crippen molar-refractivity contribution in [2.45, 2.75) is 18.9 Å². The van der Waals surface area contributed by atoms with Crippen molar-refractivity contribution in [3.8, 4) is 0 Å². The molecule has 2 rings (SSSR count). The van der Waals surface area contributed by atoms with Crippen molar-refractivity contribution in [2.75, 3.05) is 5.32 Å². The fraction of sp³-hybridized carbons (Fsp3) is 0.333. The Labute approximate surface area is 85.9 Å². The molecule has 2 N–H and O–H groups in total. The van der Waals surface area contributed by atoms with Crippen molar-refractivity contribution in [2.24, 2.45) is 0 Å².